The van der Waals surface area contributed by atoms with Crippen LogP contribution in [0, 0.1) is 20.8 Å². The smallest absolute Gasteiger partial charge is 0.251 e. The third-order valence-electron chi connectivity index (χ3n) is 5.05. The summed E-state index contributed by atoms with van der Waals surface area (Å²) in [6.07, 6.45) is 0. The van der Waals surface area contributed by atoms with Crippen LogP contribution in [0.15, 0.2) is 66.7 Å². The van der Waals surface area contributed by atoms with Crippen molar-refractivity contribution in [3.8, 4) is 11.1 Å². The molecular formula is C26H27N3O3. The van der Waals surface area contributed by atoms with Gasteiger partial charge >= 0.3 is 0 Å². The largest absolute Gasteiger partial charge is 0.345 e. The molecule has 0 aliphatic heterocycles. The zero-order chi connectivity index (χ0) is 23.1. The van der Waals surface area contributed by atoms with Gasteiger partial charge in [0.05, 0.1) is 13.1 Å². The minimum absolute atomic E-state index is 0.173. The molecule has 3 amide bonds. The highest BCUT2D eigenvalue weighted by Crippen LogP contribution is 2.21. The zero-order valence-corrected chi connectivity index (χ0v) is 18.5. The molecule has 0 aliphatic carbocycles. The van der Waals surface area contributed by atoms with Crippen LogP contribution in [0.3, 0.4) is 0 Å². The van der Waals surface area contributed by atoms with Crippen LogP contribution in [0.1, 0.15) is 27.0 Å². The summed E-state index contributed by atoms with van der Waals surface area (Å²) in [6.45, 7) is 5.46. The Balaban J connectivity index is 1.45. The van der Waals surface area contributed by atoms with Gasteiger partial charge in [0.25, 0.3) is 5.91 Å². The highest BCUT2D eigenvalue weighted by molar-refractivity contribution is 5.98. The van der Waals surface area contributed by atoms with Crippen molar-refractivity contribution < 1.29 is 14.4 Å². The second kappa shape index (κ2) is 10.4. The topological polar surface area (TPSA) is 87.3 Å². The Labute approximate surface area is 188 Å². The summed E-state index contributed by atoms with van der Waals surface area (Å²) in [5.74, 6) is -1.11. The van der Waals surface area contributed by atoms with Crippen LogP contribution >= 0.6 is 0 Å². The SMILES string of the molecule is Cc1cc(C)c(NC(=O)CNC(=O)CNC(=O)c2ccc(-c3ccccc3)cc2)c(C)c1. The van der Waals surface area contributed by atoms with Gasteiger partial charge in [-0.2, -0.15) is 0 Å². The minimum atomic E-state index is -0.438. The summed E-state index contributed by atoms with van der Waals surface area (Å²) in [5.41, 5.74) is 6.33. The van der Waals surface area contributed by atoms with Crippen LogP contribution in [0.4, 0.5) is 5.69 Å². The average molecular weight is 430 g/mol. The van der Waals surface area contributed by atoms with E-state index >= 15 is 0 Å². The van der Waals surface area contributed by atoms with Crippen LogP contribution in [0.5, 0.6) is 0 Å². The summed E-state index contributed by atoms with van der Waals surface area (Å²) >= 11 is 0. The Morgan fingerprint density at radius 2 is 1.25 bits per heavy atom. The van der Waals surface area contributed by atoms with Gasteiger partial charge < -0.3 is 16.0 Å². The Morgan fingerprint density at radius 3 is 1.88 bits per heavy atom. The molecular weight excluding hydrogens is 402 g/mol. The number of amides is 3. The molecule has 3 rings (SSSR count). The van der Waals surface area contributed by atoms with Gasteiger partial charge in [0, 0.05) is 11.3 Å². The predicted molar refractivity (Wildman–Crippen MR) is 127 cm³/mol. The van der Waals surface area contributed by atoms with Gasteiger partial charge in [0.1, 0.15) is 0 Å². The van der Waals surface area contributed by atoms with Gasteiger partial charge in [-0.15, -0.1) is 0 Å². The molecule has 0 aliphatic rings. The highest BCUT2D eigenvalue weighted by atomic mass is 16.2. The molecule has 0 saturated carbocycles. The van der Waals surface area contributed by atoms with E-state index in [2.05, 4.69) is 16.0 Å². The third-order valence-corrected chi connectivity index (χ3v) is 5.05. The number of rotatable bonds is 7. The fourth-order valence-corrected chi connectivity index (χ4v) is 3.51. The molecule has 0 radical (unpaired) electrons. The third kappa shape index (κ3) is 6.04. The van der Waals surface area contributed by atoms with E-state index in [1.807, 2.05) is 75.4 Å². The Morgan fingerprint density at radius 1 is 0.688 bits per heavy atom. The van der Waals surface area contributed by atoms with E-state index in [0.717, 1.165) is 33.5 Å². The number of aryl methyl sites for hydroxylation is 3. The van der Waals surface area contributed by atoms with Gasteiger partial charge in [-0.25, -0.2) is 0 Å². The lowest BCUT2D eigenvalue weighted by Gasteiger charge is -2.13. The van der Waals surface area contributed by atoms with Crippen molar-refractivity contribution in [1.82, 2.24) is 10.6 Å². The molecule has 6 heteroatoms. The number of carbonyl (C=O) groups is 3. The maximum atomic E-state index is 12.3. The fourth-order valence-electron chi connectivity index (χ4n) is 3.51. The average Bonchev–Trinajstić information content (AvgIpc) is 2.79. The molecule has 0 aromatic heterocycles. The van der Waals surface area contributed by atoms with E-state index in [1.165, 1.54) is 0 Å². The zero-order valence-electron chi connectivity index (χ0n) is 18.5. The number of benzene rings is 3. The second-order valence-electron chi connectivity index (χ2n) is 7.72. The lowest BCUT2D eigenvalue weighted by molar-refractivity contribution is -0.123. The fraction of sp³-hybridized carbons (Fsp3) is 0.192. The van der Waals surface area contributed by atoms with Crippen LogP contribution in [0.2, 0.25) is 0 Å². The van der Waals surface area contributed by atoms with Gasteiger partial charge in [0.2, 0.25) is 11.8 Å². The minimum Gasteiger partial charge on any atom is -0.345 e. The van der Waals surface area contributed by atoms with Gasteiger partial charge in [0.15, 0.2) is 0 Å². The maximum absolute atomic E-state index is 12.3. The monoisotopic (exact) mass is 429 g/mol. The summed E-state index contributed by atoms with van der Waals surface area (Å²) < 4.78 is 0. The van der Waals surface area contributed by atoms with Crippen molar-refractivity contribution in [2.24, 2.45) is 0 Å². The van der Waals surface area contributed by atoms with Gasteiger partial charge in [-0.1, -0.05) is 60.2 Å². The highest BCUT2D eigenvalue weighted by Gasteiger charge is 2.12. The van der Waals surface area contributed by atoms with Gasteiger partial charge in [-0.3, -0.25) is 14.4 Å². The van der Waals surface area contributed by atoms with Crippen molar-refractivity contribution >= 4 is 23.4 Å². The summed E-state index contributed by atoms with van der Waals surface area (Å²) in [7, 11) is 0. The Bertz CT molecular complexity index is 1100. The second-order valence-corrected chi connectivity index (χ2v) is 7.72. The summed E-state index contributed by atoms with van der Waals surface area (Å²) in [6, 6.07) is 21.0. The first-order valence-corrected chi connectivity index (χ1v) is 10.4. The molecule has 0 unspecified atom stereocenters. The van der Waals surface area contributed by atoms with Crippen LogP contribution in [0.25, 0.3) is 11.1 Å². The van der Waals surface area contributed by atoms with Crippen molar-refractivity contribution in [2.75, 3.05) is 18.4 Å². The quantitative estimate of drug-likeness (QED) is 0.534. The first kappa shape index (κ1) is 22.7. The van der Waals surface area contributed by atoms with Crippen molar-refractivity contribution in [1.29, 1.82) is 0 Å². The number of hydrogen-bond acceptors (Lipinski definition) is 3. The normalized spacial score (nSPS) is 10.3. The Hall–Kier alpha value is -3.93. The molecule has 3 aromatic carbocycles. The predicted octanol–water partition coefficient (Wildman–Crippen LogP) is 3.76. The molecule has 0 fully saturated rings. The van der Waals surface area contributed by atoms with Crippen LogP contribution in [-0.4, -0.2) is 30.8 Å². The van der Waals surface area contributed by atoms with Crippen LogP contribution < -0.4 is 16.0 Å². The molecule has 32 heavy (non-hydrogen) atoms. The van der Waals surface area contributed by atoms with Crippen molar-refractivity contribution in [3.63, 3.8) is 0 Å². The number of anilines is 1. The van der Waals surface area contributed by atoms with E-state index in [4.69, 9.17) is 0 Å². The van der Waals surface area contributed by atoms with Crippen molar-refractivity contribution in [3.05, 3.63) is 89.0 Å². The molecule has 164 valence electrons. The first-order chi connectivity index (χ1) is 15.3. The summed E-state index contributed by atoms with van der Waals surface area (Å²) in [4.78, 5) is 36.6. The summed E-state index contributed by atoms with van der Waals surface area (Å²) in [5, 5.41) is 7.93. The molecule has 6 nitrogen and oxygen atoms in total. The van der Waals surface area contributed by atoms with E-state index in [-0.39, 0.29) is 24.9 Å². The molecule has 0 spiro atoms. The number of hydrogen-bond donors (Lipinski definition) is 3. The van der Waals surface area contributed by atoms with E-state index in [0.29, 0.717) is 5.56 Å². The molecule has 3 aromatic rings. The van der Waals surface area contributed by atoms with E-state index < -0.39 is 5.91 Å². The van der Waals surface area contributed by atoms with E-state index in [1.54, 1.807) is 12.1 Å². The molecule has 3 N–H and O–H groups in total. The maximum Gasteiger partial charge on any atom is 0.251 e. The Kier molecular flexibility index (Phi) is 7.39. The molecule has 0 atom stereocenters. The lowest BCUT2D eigenvalue weighted by Crippen LogP contribution is -2.40. The molecule has 0 bridgehead atoms. The van der Waals surface area contributed by atoms with E-state index in [9.17, 15) is 14.4 Å². The number of nitrogens with one attached hydrogen (secondary N) is 3. The molecule has 0 heterocycles. The lowest BCUT2D eigenvalue weighted by atomic mass is 10.0. The standard InChI is InChI=1S/C26H27N3O3/c1-17-13-18(2)25(19(3)14-17)29-24(31)16-27-23(30)15-28-26(32)22-11-9-21(10-12-22)20-7-5-4-6-8-20/h4-14H,15-16H2,1-3H3,(H,27,30)(H,28,32)(H,29,31). The number of carbonyl (C=O) groups excluding carboxylic acids is 3. The first-order valence-electron chi connectivity index (χ1n) is 10.4. The van der Waals surface area contributed by atoms with Crippen LogP contribution in [-0.2, 0) is 9.59 Å². The van der Waals surface area contributed by atoms with Gasteiger partial charge in [-0.05, 0) is 55.2 Å². The van der Waals surface area contributed by atoms with Crippen molar-refractivity contribution in [2.45, 2.75) is 20.8 Å². The molecule has 0 saturated heterocycles.